The first-order chi connectivity index (χ1) is 11.8. The normalized spacial score (nSPS) is 45.2. The van der Waals surface area contributed by atoms with Crippen molar-refractivity contribution < 1.29 is 14.7 Å². The van der Waals surface area contributed by atoms with Crippen molar-refractivity contribution in [3.8, 4) is 0 Å². The molecule has 0 spiro atoms. The molecular weight excluding hydrogens is 312 g/mol. The van der Waals surface area contributed by atoms with E-state index in [9.17, 15) is 14.7 Å². The van der Waals surface area contributed by atoms with Crippen LogP contribution in [0.4, 0.5) is 0 Å². The fourth-order valence-electron chi connectivity index (χ4n) is 6.57. The minimum Gasteiger partial charge on any atom is -0.389 e. The predicted molar refractivity (Wildman–Crippen MR) is 96.7 cm³/mol. The van der Waals surface area contributed by atoms with Gasteiger partial charge in [0, 0.05) is 11.3 Å². The summed E-state index contributed by atoms with van der Waals surface area (Å²) in [6.45, 7) is 6.42. The highest BCUT2D eigenvalue weighted by atomic mass is 16.3. The Hall–Kier alpha value is -1.48. The van der Waals surface area contributed by atoms with Crippen LogP contribution in [0.25, 0.3) is 0 Å². The van der Waals surface area contributed by atoms with Crippen LogP contribution in [0.3, 0.4) is 0 Å². The molecule has 2 fully saturated rings. The summed E-state index contributed by atoms with van der Waals surface area (Å²) in [5.74, 6) is 1.47. The maximum absolute atomic E-state index is 12.3. The zero-order chi connectivity index (χ0) is 18.0. The molecule has 0 aromatic carbocycles. The van der Waals surface area contributed by atoms with Gasteiger partial charge in [-0.25, -0.2) is 0 Å². The Labute approximate surface area is 149 Å². The summed E-state index contributed by atoms with van der Waals surface area (Å²) in [7, 11) is 0. The van der Waals surface area contributed by atoms with Gasteiger partial charge in [-0.05, 0) is 73.5 Å². The van der Waals surface area contributed by atoms with E-state index in [1.54, 1.807) is 6.08 Å². The largest absolute Gasteiger partial charge is 0.389 e. The predicted octanol–water partition coefficient (Wildman–Crippen LogP) is 3.64. The maximum atomic E-state index is 12.3. The molecule has 0 aliphatic heterocycles. The van der Waals surface area contributed by atoms with E-state index in [2.05, 4.69) is 32.9 Å². The minimum absolute atomic E-state index is 0.0103. The van der Waals surface area contributed by atoms with Crippen molar-refractivity contribution in [1.82, 2.24) is 0 Å². The van der Waals surface area contributed by atoms with Gasteiger partial charge in [0.2, 0.25) is 0 Å². The molecule has 0 heterocycles. The molecule has 0 aromatic heterocycles. The van der Waals surface area contributed by atoms with Gasteiger partial charge >= 0.3 is 0 Å². The molecule has 0 amide bonds. The summed E-state index contributed by atoms with van der Waals surface area (Å²) in [5.41, 5.74) is 2.54. The van der Waals surface area contributed by atoms with Crippen LogP contribution in [0.15, 0.2) is 35.5 Å². The number of hydrogen-bond donors (Lipinski definition) is 1. The van der Waals surface area contributed by atoms with E-state index in [1.165, 1.54) is 11.1 Å². The highest BCUT2D eigenvalue weighted by Gasteiger charge is 2.57. The fourth-order valence-corrected chi connectivity index (χ4v) is 6.57. The molecule has 3 heteroatoms. The molecule has 25 heavy (non-hydrogen) atoms. The molecule has 1 N–H and O–H groups in total. The van der Waals surface area contributed by atoms with Crippen molar-refractivity contribution in [2.24, 2.45) is 34.5 Å². The third kappa shape index (κ3) is 2.21. The molecule has 2 unspecified atom stereocenters. The first-order valence-corrected chi connectivity index (χ1v) is 9.60. The molecular formula is C22H28O3. The van der Waals surface area contributed by atoms with Gasteiger partial charge in [0.15, 0.2) is 11.6 Å². The Balaban J connectivity index is 1.76. The van der Waals surface area contributed by atoms with Crippen LogP contribution in [0.2, 0.25) is 0 Å². The van der Waals surface area contributed by atoms with Gasteiger partial charge in [0.05, 0.1) is 0 Å². The summed E-state index contributed by atoms with van der Waals surface area (Å²) in [5, 5.41) is 9.38. The van der Waals surface area contributed by atoms with Crippen molar-refractivity contribution in [1.29, 1.82) is 0 Å². The van der Waals surface area contributed by atoms with Crippen molar-refractivity contribution in [2.75, 3.05) is 6.61 Å². The highest BCUT2D eigenvalue weighted by molar-refractivity contribution is 6.01. The Morgan fingerprint density at radius 1 is 1.28 bits per heavy atom. The van der Waals surface area contributed by atoms with Gasteiger partial charge < -0.3 is 5.11 Å². The first kappa shape index (κ1) is 17.0. The van der Waals surface area contributed by atoms with Gasteiger partial charge in [-0.15, -0.1) is 0 Å². The van der Waals surface area contributed by atoms with Crippen LogP contribution in [0, 0.1) is 34.5 Å². The molecule has 134 valence electrons. The zero-order valence-corrected chi connectivity index (χ0v) is 15.4. The second-order valence-electron chi connectivity index (χ2n) is 9.01. The van der Waals surface area contributed by atoms with Crippen LogP contribution >= 0.6 is 0 Å². The van der Waals surface area contributed by atoms with E-state index in [0.717, 1.165) is 25.7 Å². The number of hydrogen-bond acceptors (Lipinski definition) is 3. The third-order valence-electron chi connectivity index (χ3n) is 7.82. The van der Waals surface area contributed by atoms with Crippen molar-refractivity contribution in [3.05, 3.63) is 35.5 Å². The SMILES string of the molecule is C[C@H]1CC2C(=CC[C@@]3(C)C2CC[C@@H]3C(=O)CO)[C@@]2(C)C=CC(=O)C=C12. The van der Waals surface area contributed by atoms with Gasteiger partial charge in [-0.3, -0.25) is 9.59 Å². The number of Topliss-reactive ketones (excluding diaryl/α,β-unsaturated/α-hetero) is 1. The van der Waals surface area contributed by atoms with Crippen LogP contribution < -0.4 is 0 Å². The number of aliphatic hydroxyl groups excluding tert-OH is 1. The van der Waals surface area contributed by atoms with Crippen molar-refractivity contribution in [2.45, 2.75) is 46.5 Å². The Kier molecular flexibility index (Phi) is 3.74. The topological polar surface area (TPSA) is 54.4 Å². The average molecular weight is 340 g/mol. The molecule has 0 aromatic rings. The Morgan fingerprint density at radius 2 is 2.04 bits per heavy atom. The smallest absolute Gasteiger partial charge is 0.178 e. The van der Waals surface area contributed by atoms with Crippen LogP contribution in [-0.4, -0.2) is 23.3 Å². The van der Waals surface area contributed by atoms with E-state index in [-0.39, 0.29) is 34.9 Å². The lowest BCUT2D eigenvalue weighted by atomic mass is 9.50. The van der Waals surface area contributed by atoms with E-state index in [0.29, 0.717) is 17.8 Å². The molecule has 0 bridgehead atoms. The van der Waals surface area contributed by atoms with Gasteiger partial charge in [-0.2, -0.15) is 0 Å². The second kappa shape index (κ2) is 5.51. The lowest BCUT2D eigenvalue weighted by Crippen LogP contribution is -2.46. The molecule has 6 atom stereocenters. The standard InChI is InChI=1S/C22H28O3/c1-13-10-15-16-4-5-18(20(25)12-23)21(16,2)9-7-17(15)22(3)8-6-14(24)11-19(13)22/h6-8,11,13,15-16,18,23H,4-5,9-10,12H2,1-3H3/t13-,15?,16?,18+,21-,22+/m0/s1. The zero-order valence-electron chi connectivity index (χ0n) is 15.4. The quantitative estimate of drug-likeness (QED) is 0.781. The summed E-state index contributed by atoms with van der Waals surface area (Å²) < 4.78 is 0. The number of allylic oxidation sites excluding steroid dienone is 6. The summed E-state index contributed by atoms with van der Waals surface area (Å²) >= 11 is 0. The fraction of sp³-hybridized carbons (Fsp3) is 0.636. The van der Waals surface area contributed by atoms with Crippen LogP contribution in [-0.2, 0) is 9.59 Å². The van der Waals surface area contributed by atoms with Crippen LogP contribution in [0.5, 0.6) is 0 Å². The number of rotatable bonds is 2. The monoisotopic (exact) mass is 340 g/mol. The molecule has 4 aliphatic carbocycles. The van der Waals surface area contributed by atoms with E-state index in [4.69, 9.17) is 0 Å². The first-order valence-electron chi connectivity index (χ1n) is 9.60. The van der Waals surface area contributed by atoms with Crippen LogP contribution in [0.1, 0.15) is 46.5 Å². The Morgan fingerprint density at radius 3 is 2.76 bits per heavy atom. The van der Waals surface area contributed by atoms with Gasteiger partial charge in [0.25, 0.3) is 0 Å². The van der Waals surface area contributed by atoms with E-state index in [1.807, 2.05) is 6.08 Å². The molecule has 2 saturated carbocycles. The number of carbonyl (C=O) groups excluding carboxylic acids is 2. The molecule has 4 rings (SSSR count). The van der Waals surface area contributed by atoms with Crippen molar-refractivity contribution >= 4 is 11.6 Å². The lowest BCUT2D eigenvalue weighted by molar-refractivity contribution is -0.129. The molecule has 3 nitrogen and oxygen atoms in total. The summed E-state index contributed by atoms with van der Waals surface area (Å²) in [4.78, 5) is 24.2. The number of aliphatic hydroxyl groups is 1. The Bertz CT molecular complexity index is 728. The maximum Gasteiger partial charge on any atom is 0.178 e. The summed E-state index contributed by atoms with van der Waals surface area (Å²) in [6.07, 6.45) is 12.0. The minimum atomic E-state index is -0.333. The van der Waals surface area contributed by atoms with Crippen molar-refractivity contribution in [3.63, 3.8) is 0 Å². The molecule has 0 radical (unpaired) electrons. The summed E-state index contributed by atoms with van der Waals surface area (Å²) in [6, 6.07) is 0. The lowest BCUT2D eigenvalue weighted by Gasteiger charge is -2.54. The third-order valence-corrected chi connectivity index (χ3v) is 7.82. The molecule has 4 aliphatic rings. The van der Waals surface area contributed by atoms with E-state index < -0.39 is 0 Å². The second-order valence-corrected chi connectivity index (χ2v) is 9.01. The molecule has 0 saturated heterocycles. The average Bonchev–Trinajstić information content (AvgIpc) is 2.93. The number of carbonyl (C=O) groups is 2. The van der Waals surface area contributed by atoms with Gasteiger partial charge in [-0.1, -0.05) is 31.6 Å². The highest BCUT2D eigenvalue weighted by Crippen LogP contribution is 2.64. The van der Waals surface area contributed by atoms with Gasteiger partial charge in [0.1, 0.15) is 6.61 Å². The van der Waals surface area contributed by atoms with E-state index >= 15 is 0 Å². The number of ketones is 2. The number of fused-ring (bicyclic) bond motifs is 5.